The van der Waals surface area contributed by atoms with Gasteiger partial charge in [0.05, 0.1) is 29.6 Å². The van der Waals surface area contributed by atoms with Crippen LogP contribution in [0.15, 0.2) is 54.7 Å². The number of aliphatic carboxylic acids is 1. The van der Waals surface area contributed by atoms with E-state index in [0.29, 0.717) is 16.9 Å². The van der Waals surface area contributed by atoms with Crippen molar-refractivity contribution >= 4 is 52.4 Å². The number of amides is 2. The number of hydrogen-bond acceptors (Lipinski definition) is 11. The van der Waals surface area contributed by atoms with Gasteiger partial charge in [0.1, 0.15) is 6.04 Å². The molecule has 0 aliphatic heterocycles. The Hall–Kier alpha value is -5.86. The minimum atomic E-state index is -1.23. The van der Waals surface area contributed by atoms with Gasteiger partial charge < -0.3 is 37.6 Å². The Kier molecular flexibility index (Phi) is 10.4. The zero-order chi connectivity index (χ0) is 30.2. The molecule has 0 fully saturated rings. The zero-order valence-electron chi connectivity index (χ0n) is 22.1. The summed E-state index contributed by atoms with van der Waals surface area (Å²) in [4.78, 5) is 64.5. The van der Waals surface area contributed by atoms with Crippen LogP contribution in [-0.2, 0) is 11.3 Å². The van der Waals surface area contributed by atoms with Crippen LogP contribution in [0.4, 0.5) is 17.5 Å². The molecule has 9 N–H and O–H groups in total. The van der Waals surface area contributed by atoms with Crippen molar-refractivity contribution in [3.8, 4) is 0 Å². The van der Waals surface area contributed by atoms with Crippen molar-refractivity contribution in [2.75, 3.05) is 23.3 Å². The van der Waals surface area contributed by atoms with Gasteiger partial charge in [-0.3, -0.25) is 9.59 Å². The Balaban J connectivity index is 0.00000506. The molecule has 224 valence electrons. The maximum Gasteiger partial charge on any atom is 0.336 e. The fourth-order valence-corrected chi connectivity index (χ4v) is 3.97. The van der Waals surface area contributed by atoms with Gasteiger partial charge in [0.2, 0.25) is 5.95 Å². The number of rotatable bonds is 12. The summed E-state index contributed by atoms with van der Waals surface area (Å²) in [5, 5.41) is 27.0. The van der Waals surface area contributed by atoms with E-state index in [0.717, 1.165) is 0 Å². The van der Waals surface area contributed by atoms with Gasteiger partial charge in [0, 0.05) is 17.8 Å². The van der Waals surface area contributed by atoms with Crippen molar-refractivity contribution in [3.05, 3.63) is 77.1 Å². The molecule has 1 unspecified atom stereocenters. The average Bonchev–Trinajstić information content (AvgIpc) is 2.97. The second-order valence-electron chi connectivity index (χ2n) is 9.04. The van der Waals surface area contributed by atoms with Crippen molar-refractivity contribution < 1.29 is 29.4 Å². The first-order valence-electron chi connectivity index (χ1n) is 12.6. The monoisotopic (exact) mass is 589 g/mol. The molecule has 4 aromatic rings. The molecule has 0 aliphatic rings. The summed E-state index contributed by atoms with van der Waals surface area (Å²) < 4.78 is 0. The molecule has 0 aliphatic carbocycles. The number of benzene rings is 2. The van der Waals surface area contributed by atoms with Crippen LogP contribution in [0.1, 0.15) is 57.0 Å². The Morgan fingerprint density at radius 2 is 1.58 bits per heavy atom. The van der Waals surface area contributed by atoms with E-state index < -0.39 is 29.8 Å². The summed E-state index contributed by atoms with van der Waals surface area (Å²) in [5.74, 6) is -3.51. The summed E-state index contributed by atoms with van der Waals surface area (Å²) in [7, 11) is 0. The fraction of sp³-hybridized carbons (Fsp3) is 0.214. The molecule has 15 heteroatoms. The number of anilines is 3. The van der Waals surface area contributed by atoms with Crippen molar-refractivity contribution in [3.63, 3.8) is 0 Å². The van der Waals surface area contributed by atoms with Gasteiger partial charge >= 0.3 is 11.9 Å². The molecule has 2 aromatic carbocycles. The molecule has 0 radical (unpaired) electrons. The van der Waals surface area contributed by atoms with Gasteiger partial charge in [-0.1, -0.05) is 19.6 Å². The summed E-state index contributed by atoms with van der Waals surface area (Å²) in [6.45, 7) is 0.375. The molecule has 2 amide bonds. The van der Waals surface area contributed by atoms with E-state index >= 15 is 0 Å². The standard InChI is InChI=1S/C27H27N9O6.CH4/c28-21-20-22(36-27(29)35-21)32-13-16(33-20)12-31-15-9-7-14(8-10-15)23(37)34-19(26(41)42)6-3-11-30-24(38)17-4-1-2-5-18(17)25(39)40;/h1-2,4-5,7-10,13,19,31H,3,6,11-12H2,(H,30,38)(H,34,37)(H,39,40)(H,41,42)(H4,28,29,32,35,36);1H4. The number of nitrogens with one attached hydrogen (secondary N) is 3. The Morgan fingerprint density at radius 1 is 0.884 bits per heavy atom. The van der Waals surface area contributed by atoms with Gasteiger partial charge in [-0.2, -0.15) is 9.97 Å². The first kappa shape index (κ1) is 31.7. The number of nitrogens with two attached hydrogens (primary N) is 2. The predicted octanol–water partition coefficient (Wildman–Crippen LogP) is 1.92. The number of fused-ring (bicyclic) bond motifs is 1. The highest BCUT2D eigenvalue weighted by Gasteiger charge is 2.21. The number of nitrogens with zero attached hydrogens (tertiary/aromatic N) is 4. The normalized spacial score (nSPS) is 11.2. The Labute approximate surface area is 245 Å². The number of carbonyl (C=O) groups excluding carboxylic acids is 2. The minimum absolute atomic E-state index is 0. The van der Waals surface area contributed by atoms with Gasteiger partial charge in [-0.25, -0.2) is 19.6 Å². The molecule has 2 aromatic heterocycles. The minimum Gasteiger partial charge on any atom is -0.480 e. The van der Waals surface area contributed by atoms with Gasteiger partial charge in [-0.15, -0.1) is 0 Å². The number of aromatic carboxylic acids is 1. The molecule has 0 bridgehead atoms. The molecule has 0 saturated carbocycles. The molecule has 1 atom stereocenters. The fourth-order valence-electron chi connectivity index (χ4n) is 3.97. The van der Waals surface area contributed by atoms with E-state index in [9.17, 15) is 29.4 Å². The zero-order valence-corrected chi connectivity index (χ0v) is 22.1. The summed E-state index contributed by atoms with van der Waals surface area (Å²) in [6.07, 6.45) is 1.79. The molecule has 2 heterocycles. The van der Waals surface area contributed by atoms with E-state index in [2.05, 4.69) is 35.9 Å². The van der Waals surface area contributed by atoms with Crippen LogP contribution in [0.3, 0.4) is 0 Å². The van der Waals surface area contributed by atoms with Crippen LogP contribution in [0.2, 0.25) is 0 Å². The lowest BCUT2D eigenvalue weighted by molar-refractivity contribution is -0.139. The molecule has 43 heavy (non-hydrogen) atoms. The third kappa shape index (κ3) is 8.09. The third-order valence-corrected chi connectivity index (χ3v) is 6.08. The maximum absolute atomic E-state index is 12.7. The topological polar surface area (TPSA) is 248 Å². The van der Waals surface area contributed by atoms with Crippen LogP contribution in [0.5, 0.6) is 0 Å². The molecule has 4 rings (SSSR count). The Bertz CT molecular complexity index is 1650. The van der Waals surface area contributed by atoms with Gasteiger partial charge in [0.25, 0.3) is 11.8 Å². The second kappa shape index (κ2) is 14.2. The van der Waals surface area contributed by atoms with Crippen molar-refractivity contribution in [1.29, 1.82) is 0 Å². The number of carboxylic acids is 2. The lowest BCUT2D eigenvalue weighted by Crippen LogP contribution is -2.41. The van der Waals surface area contributed by atoms with Crippen LogP contribution in [0, 0.1) is 0 Å². The summed E-state index contributed by atoms with van der Waals surface area (Å²) in [6, 6.07) is 11.0. The quantitative estimate of drug-likeness (QED) is 0.117. The predicted molar refractivity (Wildman–Crippen MR) is 158 cm³/mol. The number of carboxylic acid groups (broad SMARTS) is 2. The first-order chi connectivity index (χ1) is 20.1. The lowest BCUT2D eigenvalue weighted by atomic mass is 10.1. The van der Waals surface area contributed by atoms with Gasteiger partial charge in [-0.05, 0) is 49.2 Å². The molecule has 0 spiro atoms. The van der Waals surface area contributed by atoms with Crippen molar-refractivity contribution in [2.45, 2.75) is 32.9 Å². The van der Waals surface area contributed by atoms with Crippen LogP contribution >= 0.6 is 0 Å². The number of aromatic nitrogens is 4. The third-order valence-electron chi connectivity index (χ3n) is 6.08. The SMILES string of the molecule is C.Nc1nc(N)c2nc(CNc3ccc(C(=O)NC(CCCNC(=O)c4ccccc4C(=O)O)C(=O)O)cc3)cnc2n1. The lowest BCUT2D eigenvalue weighted by Gasteiger charge is -2.15. The largest absolute Gasteiger partial charge is 0.480 e. The Morgan fingerprint density at radius 3 is 2.26 bits per heavy atom. The van der Waals surface area contributed by atoms with Gasteiger partial charge in [0.15, 0.2) is 17.0 Å². The van der Waals surface area contributed by atoms with E-state index in [1.807, 2.05) is 0 Å². The van der Waals surface area contributed by atoms with Crippen LogP contribution in [0.25, 0.3) is 11.2 Å². The molecular formula is C28H31N9O6. The maximum atomic E-state index is 12.7. The average molecular weight is 590 g/mol. The van der Waals surface area contributed by atoms with E-state index in [-0.39, 0.29) is 67.5 Å². The van der Waals surface area contributed by atoms with E-state index in [1.165, 1.54) is 36.5 Å². The summed E-state index contributed by atoms with van der Waals surface area (Å²) >= 11 is 0. The highest BCUT2D eigenvalue weighted by molar-refractivity contribution is 6.04. The van der Waals surface area contributed by atoms with Crippen LogP contribution in [-0.4, -0.2) is 66.5 Å². The van der Waals surface area contributed by atoms with Crippen molar-refractivity contribution in [2.24, 2.45) is 0 Å². The highest BCUT2D eigenvalue weighted by Crippen LogP contribution is 2.16. The first-order valence-corrected chi connectivity index (χ1v) is 12.6. The molecule has 0 saturated heterocycles. The molecule has 15 nitrogen and oxygen atoms in total. The summed E-state index contributed by atoms with van der Waals surface area (Å²) in [5.41, 5.74) is 13.4. The van der Waals surface area contributed by atoms with Crippen LogP contribution < -0.4 is 27.4 Å². The second-order valence-corrected chi connectivity index (χ2v) is 9.04. The highest BCUT2D eigenvalue weighted by atomic mass is 16.4. The van der Waals surface area contributed by atoms with Crippen molar-refractivity contribution in [1.82, 2.24) is 30.6 Å². The van der Waals surface area contributed by atoms with E-state index in [1.54, 1.807) is 18.2 Å². The molecular weight excluding hydrogens is 558 g/mol. The van der Waals surface area contributed by atoms with E-state index in [4.69, 9.17) is 11.5 Å². The number of nitrogen functional groups attached to an aromatic ring is 2. The smallest absolute Gasteiger partial charge is 0.336 e. The number of carbonyl (C=O) groups is 4. The number of hydrogen-bond donors (Lipinski definition) is 7.